The van der Waals surface area contributed by atoms with Gasteiger partial charge < -0.3 is 14.5 Å². The Bertz CT molecular complexity index is 1060. The molecule has 0 N–H and O–H groups in total. The molecule has 5 rings (SSSR count). The molecule has 1 amide bonds. The van der Waals surface area contributed by atoms with Crippen molar-refractivity contribution in [1.82, 2.24) is 4.90 Å². The first-order valence-corrected chi connectivity index (χ1v) is 12.6. The number of carbonyl (C=O) groups excluding carboxylic acids is 1. The Labute approximate surface area is 202 Å². The molecule has 2 aromatic carbocycles. The summed E-state index contributed by atoms with van der Waals surface area (Å²) in [5, 5.41) is 4.39. The fourth-order valence-electron chi connectivity index (χ4n) is 5.47. The summed E-state index contributed by atoms with van der Waals surface area (Å²) in [5.41, 5.74) is 4.21. The van der Waals surface area contributed by atoms with Gasteiger partial charge >= 0.3 is 0 Å². The molecule has 2 heterocycles. The highest BCUT2D eigenvalue weighted by atomic mass is 16.7. The van der Waals surface area contributed by atoms with Crippen LogP contribution in [0.1, 0.15) is 74.0 Å². The molecule has 3 aliphatic rings. The van der Waals surface area contributed by atoms with Gasteiger partial charge in [0.15, 0.2) is 0 Å². The first-order valence-electron chi connectivity index (χ1n) is 12.6. The van der Waals surface area contributed by atoms with E-state index in [9.17, 15) is 4.79 Å². The first-order chi connectivity index (χ1) is 16.6. The number of oxime groups is 1. The molecule has 2 aromatic rings. The van der Waals surface area contributed by atoms with Gasteiger partial charge in [-0.15, -0.1) is 0 Å². The molecule has 178 valence electrons. The van der Waals surface area contributed by atoms with Crippen molar-refractivity contribution in [2.45, 2.75) is 62.9 Å². The lowest BCUT2D eigenvalue weighted by atomic mass is 9.84. The lowest BCUT2D eigenvalue weighted by molar-refractivity contribution is -0.131. The highest BCUT2D eigenvalue weighted by molar-refractivity contribution is 6.02. The van der Waals surface area contributed by atoms with Gasteiger partial charge in [0.05, 0.1) is 12.8 Å². The summed E-state index contributed by atoms with van der Waals surface area (Å²) in [6.07, 6.45) is 12.7. The number of carbonyl (C=O) groups is 1. The predicted molar refractivity (Wildman–Crippen MR) is 135 cm³/mol. The van der Waals surface area contributed by atoms with E-state index in [2.05, 4.69) is 29.4 Å². The minimum atomic E-state index is -0.298. The molecule has 1 aliphatic carbocycles. The van der Waals surface area contributed by atoms with E-state index in [0.717, 1.165) is 41.9 Å². The van der Waals surface area contributed by atoms with Crippen molar-refractivity contribution in [3.05, 3.63) is 71.3 Å². The van der Waals surface area contributed by atoms with Crippen molar-refractivity contribution in [2.24, 2.45) is 5.16 Å². The number of benzene rings is 2. The quantitative estimate of drug-likeness (QED) is 0.521. The van der Waals surface area contributed by atoms with Crippen LogP contribution in [-0.4, -0.2) is 42.3 Å². The second-order valence-corrected chi connectivity index (χ2v) is 9.88. The maximum absolute atomic E-state index is 12.8. The average Bonchev–Trinajstić information content (AvgIpc) is 3.32. The van der Waals surface area contributed by atoms with E-state index < -0.39 is 0 Å². The Morgan fingerprint density at radius 3 is 2.59 bits per heavy atom. The minimum absolute atomic E-state index is 0.0677. The van der Waals surface area contributed by atoms with E-state index in [4.69, 9.17) is 9.57 Å². The molecule has 2 fully saturated rings. The molecule has 1 saturated heterocycles. The van der Waals surface area contributed by atoms with Crippen LogP contribution in [0.3, 0.4) is 0 Å². The van der Waals surface area contributed by atoms with Crippen LogP contribution in [0.25, 0.3) is 6.08 Å². The third kappa shape index (κ3) is 5.03. The standard InChI is InChI=1S/C29H34N2O3/c1-33-26-9-5-8-25(20-26)27-21-29(34-30-27)16-18-31(19-17-29)28(32)15-12-22-10-13-24(14-11-22)23-6-3-2-4-7-23/h5,8-15,20,23H,2-4,6-7,16-19,21H2,1H3/b15-12+. The van der Waals surface area contributed by atoms with E-state index in [1.807, 2.05) is 35.2 Å². The molecule has 0 radical (unpaired) electrons. The van der Waals surface area contributed by atoms with Crippen LogP contribution < -0.4 is 4.74 Å². The highest BCUT2D eigenvalue weighted by Crippen LogP contribution is 2.37. The highest BCUT2D eigenvalue weighted by Gasteiger charge is 2.43. The van der Waals surface area contributed by atoms with Gasteiger partial charge in [0, 0.05) is 44.0 Å². The number of likely N-dealkylation sites (tertiary alicyclic amines) is 1. The number of piperidine rings is 1. The molecule has 5 nitrogen and oxygen atoms in total. The Hall–Kier alpha value is -3.08. The lowest BCUT2D eigenvalue weighted by Crippen LogP contribution is -2.46. The summed E-state index contributed by atoms with van der Waals surface area (Å²) in [7, 11) is 1.67. The van der Waals surface area contributed by atoms with Crippen molar-refractivity contribution in [3.63, 3.8) is 0 Å². The van der Waals surface area contributed by atoms with E-state index >= 15 is 0 Å². The number of ether oxygens (including phenoxy) is 1. The van der Waals surface area contributed by atoms with Gasteiger partial charge in [0.25, 0.3) is 0 Å². The molecule has 1 saturated carbocycles. The Kier molecular flexibility index (Phi) is 6.70. The Morgan fingerprint density at radius 2 is 1.85 bits per heavy atom. The monoisotopic (exact) mass is 458 g/mol. The zero-order valence-electron chi connectivity index (χ0n) is 20.0. The first kappa shape index (κ1) is 22.7. The molecule has 1 spiro atoms. The maximum atomic E-state index is 12.8. The zero-order chi connectivity index (χ0) is 23.4. The topological polar surface area (TPSA) is 51.1 Å². The number of methoxy groups -OCH3 is 1. The van der Waals surface area contributed by atoms with Crippen molar-refractivity contribution in [3.8, 4) is 5.75 Å². The van der Waals surface area contributed by atoms with Crippen LogP contribution in [0, 0.1) is 0 Å². The van der Waals surface area contributed by atoms with E-state index in [0.29, 0.717) is 19.0 Å². The van der Waals surface area contributed by atoms with Crippen LogP contribution >= 0.6 is 0 Å². The summed E-state index contributed by atoms with van der Waals surface area (Å²) in [4.78, 5) is 20.7. The van der Waals surface area contributed by atoms with Gasteiger partial charge in [-0.1, -0.05) is 60.8 Å². The average molecular weight is 459 g/mol. The van der Waals surface area contributed by atoms with Gasteiger partial charge in [-0.05, 0) is 48.1 Å². The summed E-state index contributed by atoms with van der Waals surface area (Å²) >= 11 is 0. The number of rotatable bonds is 5. The van der Waals surface area contributed by atoms with E-state index in [-0.39, 0.29) is 11.5 Å². The van der Waals surface area contributed by atoms with Crippen molar-refractivity contribution < 1.29 is 14.4 Å². The second kappa shape index (κ2) is 10.0. The molecule has 0 atom stereocenters. The number of hydrogen-bond donors (Lipinski definition) is 0. The van der Waals surface area contributed by atoms with Gasteiger partial charge in [0.1, 0.15) is 11.4 Å². The summed E-state index contributed by atoms with van der Waals surface area (Å²) < 4.78 is 5.33. The third-order valence-corrected chi connectivity index (χ3v) is 7.66. The number of hydrogen-bond acceptors (Lipinski definition) is 4. The molecule has 0 bridgehead atoms. The number of amides is 1. The van der Waals surface area contributed by atoms with Gasteiger partial charge in [-0.25, -0.2) is 0 Å². The Morgan fingerprint density at radius 1 is 1.09 bits per heavy atom. The van der Waals surface area contributed by atoms with Crippen LogP contribution in [0.4, 0.5) is 0 Å². The fraction of sp³-hybridized carbons (Fsp3) is 0.448. The fourth-order valence-corrected chi connectivity index (χ4v) is 5.47. The second-order valence-electron chi connectivity index (χ2n) is 9.88. The number of nitrogens with zero attached hydrogens (tertiary/aromatic N) is 2. The van der Waals surface area contributed by atoms with Crippen LogP contribution in [0.15, 0.2) is 59.8 Å². The Balaban J connectivity index is 1.13. The molecule has 34 heavy (non-hydrogen) atoms. The van der Waals surface area contributed by atoms with Crippen LogP contribution in [0.5, 0.6) is 5.75 Å². The zero-order valence-corrected chi connectivity index (χ0v) is 20.0. The lowest BCUT2D eigenvalue weighted by Gasteiger charge is -2.36. The van der Waals surface area contributed by atoms with Gasteiger partial charge in [-0.3, -0.25) is 4.79 Å². The van der Waals surface area contributed by atoms with Crippen molar-refractivity contribution >= 4 is 17.7 Å². The SMILES string of the molecule is COc1cccc(C2=NOC3(CCN(C(=O)/C=C/c4ccc(C5CCCCC5)cc4)CC3)C2)c1. The molecule has 0 aromatic heterocycles. The summed E-state index contributed by atoms with van der Waals surface area (Å²) in [6, 6.07) is 16.7. The van der Waals surface area contributed by atoms with Crippen molar-refractivity contribution in [1.29, 1.82) is 0 Å². The molecule has 2 aliphatic heterocycles. The maximum Gasteiger partial charge on any atom is 0.246 e. The summed E-state index contributed by atoms with van der Waals surface area (Å²) in [6.45, 7) is 1.37. The van der Waals surface area contributed by atoms with Crippen molar-refractivity contribution in [2.75, 3.05) is 20.2 Å². The van der Waals surface area contributed by atoms with Gasteiger partial charge in [0.2, 0.25) is 5.91 Å². The van der Waals surface area contributed by atoms with E-state index in [1.165, 1.54) is 37.7 Å². The van der Waals surface area contributed by atoms with E-state index in [1.54, 1.807) is 13.2 Å². The third-order valence-electron chi connectivity index (χ3n) is 7.66. The smallest absolute Gasteiger partial charge is 0.246 e. The summed E-state index contributed by atoms with van der Waals surface area (Å²) in [5.74, 6) is 1.59. The molecular weight excluding hydrogens is 424 g/mol. The molecule has 0 unspecified atom stereocenters. The largest absolute Gasteiger partial charge is 0.497 e. The normalized spacial score (nSPS) is 20.4. The van der Waals surface area contributed by atoms with Crippen LogP contribution in [-0.2, 0) is 9.63 Å². The molecule has 5 heteroatoms. The predicted octanol–water partition coefficient (Wildman–Crippen LogP) is 5.94. The van der Waals surface area contributed by atoms with Crippen LogP contribution in [0.2, 0.25) is 0 Å². The minimum Gasteiger partial charge on any atom is -0.497 e. The molecular formula is C29H34N2O3. The van der Waals surface area contributed by atoms with Gasteiger partial charge in [-0.2, -0.15) is 0 Å².